The van der Waals surface area contributed by atoms with Crippen LogP contribution in [0.5, 0.6) is 0 Å². The third-order valence-corrected chi connectivity index (χ3v) is 4.48. The first-order chi connectivity index (χ1) is 14.1. The summed E-state index contributed by atoms with van der Waals surface area (Å²) in [5.41, 5.74) is 9.04. The first-order valence-electron chi connectivity index (χ1n) is 9.26. The molecule has 3 aromatic carbocycles. The number of benzene rings is 3. The lowest BCUT2D eigenvalue weighted by molar-refractivity contribution is -0.117. The number of para-hydroxylation sites is 1. The molecule has 5 nitrogen and oxygen atoms in total. The van der Waals surface area contributed by atoms with Gasteiger partial charge in [0.25, 0.3) is 5.91 Å². The van der Waals surface area contributed by atoms with Crippen molar-refractivity contribution in [1.82, 2.24) is 5.32 Å². The molecule has 0 fully saturated rings. The molecule has 1 amide bonds. The van der Waals surface area contributed by atoms with Crippen LogP contribution in [0.15, 0.2) is 96.7 Å². The van der Waals surface area contributed by atoms with Gasteiger partial charge < -0.3 is 16.0 Å². The molecule has 0 spiro atoms. The Morgan fingerprint density at radius 2 is 1.52 bits per heavy atom. The summed E-state index contributed by atoms with van der Waals surface area (Å²) in [6.45, 7) is 1.89. The summed E-state index contributed by atoms with van der Waals surface area (Å²) in [7, 11) is 0. The summed E-state index contributed by atoms with van der Waals surface area (Å²) >= 11 is 0. The van der Waals surface area contributed by atoms with E-state index in [2.05, 4.69) is 5.32 Å². The first-order valence-corrected chi connectivity index (χ1v) is 9.26. The van der Waals surface area contributed by atoms with Crippen molar-refractivity contribution in [3.8, 4) is 6.07 Å². The molecule has 5 heteroatoms. The second kappa shape index (κ2) is 9.25. The van der Waals surface area contributed by atoms with Gasteiger partial charge in [0.15, 0.2) is 0 Å². The van der Waals surface area contributed by atoms with E-state index < -0.39 is 5.91 Å². The fourth-order valence-corrected chi connectivity index (χ4v) is 2.89. The molecule has 0 saturated heterocycles. The van der Waals surface area contributed by atoms with Crippen molar-refractivity contribution in [2.45, 2.75) is 13.0 Å². The molecule has 0 aromatic heterocycles. The van der Waals surface area contributed by atoms with Gasteiger partial charge in [-0.05, 0) is 48.9 Å². The molecule has 29 heavy (non-hydrogen) atoms. The molecule has 0 radical (unpaired) electrons. The third kappa shape index (κ3) is 5.02. The number of nitriles is 1. The highest BCUT2D eigenvalue weighted by Gasteiger charge is 2.16. The molecule has 1 unspecified atom stereocenters. The average molecular weight is 382 g/mol. The second-order valence-corrected chi connectivity index (χ2v) is 6.56. The largest absolute Gasteiger partial charge is 0.399 e. The summed E-state index contributed by atoms with van der Waals surface area (Å²) < 4.78 is 0. The Morgan fingerprint density at radius 3 is 2.10 bits per heavy atom. The number of amides is 1. The van der Waals surface area contributed by atoms with E-state index in [1.165, 1.54) is 0 Å². The average Bonchev–Trinajstić information content (AvgIpc) is 2.76. The van der Waals surface area contributed by atoms with Crippen molar-refractivity contribution < 1.29 is 4.79 Å². The monoisotopic (exact) mass is 382 g/mol. The maximum atomic E-state index is 12.8. The molecule has 1 atom stereocenters. The predicted octanol–water partition coefficient (Wildman–Crippen LogP) is 4.69. The van der Waals surface area contributed by atoms with Gasteiger partial charge in [-0.25, -0.2) is 0 Å². The Balaban J connectivity index is 1.91. The van der Waals surface area contributed by atoms with Crippen LogP contribution in [0, 0.1) is 11.3 Å². The molecule has 0 heterocycles. The van der Waals surface area contributed by atoms with Crippen LogP contribution in [-0.2, 0) is 4.79 Å². The Labute approximate surface area is 170 Å². The van der Waals surface area contributed by atoms with Crippen LogP contribution in [-0.4, -0.2) is 5.91 Å². The normalized spacial score (nSPS) is 11.9. The standard InChI is InChI=1S/C24H22N4O/c1-18(19-8-4-2-5-9-19)27-24(29)20(16-25)17-28(22-10-6-3-7-11-22)23-14-12-21(26)13-15-23/h2-15,17-18H,26H2,1H3,(H,27,29)/b20-17-. The van der Waals surface area contributed by atoms with Gasteiger partial charge in [0.1, 0.15) is 11.6 Å². The van der Waals surface area contributed by atoms with Gasteiger partial charge >= 0.3 is 0 Å². The Hall–Kier alpha value is -4.04. The number of anilines is 3. The van der Waals surface area contributed by atoms with Gasteiger partial charge in [-0.3, -0.25) is 4.79 Å². The van der Waals surface area contributed by atoms with Crippen molar-refractivity contribution in [2.75, 3.05) is 10.6 Å². The van der Waals surface area contributed by atoms with Crippen LogP contribution >= 0.6 is 0 Å². The summed E-state index contributed by atoms with van der Waals surface area (Å²) in [5.74, 6) is -0.430. The molecular weight excluding hydrogens is 360 g/mol. The van der Waals surface area contributed by atoms with Gasteiger partial charge in [0.05, 0.1) is 6.04 Å². The topological polar surface area (TPSA) is 82.2 Å². The van der Waals surface area contributed by atoms with E-state index in [9.17, 15) is 10.1 Å². The summed E-state index contributed by atoms with van der Waals surface area (Å²) in [4.78, 5) is 14.6. The van der Waals surface area contributed by atoms with Gasteiger partial charge in [-0.1, -0.05) is 48.5 Å². The maximum absolute atomic E-state index is 12.8. The molecule has 3 rings (SSSR count). The van der Waals surface area contributed by atoms with Crippen LogP contribution in [0.1, 0.15) is 18.5 Å². The van der Waals surface area contributed by atoms with Crippen LogP contribution in [0.25, 0.3) is 0 Å². The molecule has 0 bridgehead atoms. The van der Waals surface area contributed by atoms with Crippen molar-refractivity contribution in [3.05, 3.63) is 102 Å². The highest BCUT2D eigenvalue weighted by Crippen LogP contribution is 2.27. The SMILES string of the molecule is CC(NC(=O)/C(C#N)=C\N(c1ccccc1)c1ccc(N)cc1)c1ccccc1. The zero-order chi connectivity index (χ0) is 20.6. The van der Waals surface area contributed by atoms with E-state index in [4.69, 9.17) is 5.73 Å². The smallest absolute Gasteiger partial charge is 0.263 e. The van der Waals surface area contributed by atoms with Gasteiger partial charge in [-0.2, -0.15) is 5.26 Å². The highest BCUT2D eigenvalue weighted by molar-refractivity contribution is 5.98. The van der Waals surface area contributed by atoms with Crippen LogP contribution in [0.4, 0.5) is 17.1 Å². The van der Waals surface area contributed by atoms with Crippen molar-refractivity contribution in [3.63, 3.8) is 0 Å². The number of rotatable bonds is 6. The highest BCUT2D eigenvalue weighted by atomic mass is 16.1. The van der Waals surface area contributed by atoms with E-state index in [1.807, 2.05) is 85.8 Å². The van der Waals surface area contributed by atoms with Crippen LogP contribution in [0.3, 0.4) is 0 Å². The fraction of sp³-hybridized carbons (Fsp3) is 0.0833. The van der Waals surface area contributed by atoms with E-state index in [0.717, 1.165) is 16.9 Å². The maximum Gasteiger partial charge on any atom is 0.263 e. The molecule has 0 aliphatic rings. The lowest BCUT2D eigenvalue weighted by Gasteiger charge is -2.22. The summed E-state index contributed by atoms with van der Waals surface area (Å²) in [6, 6.07) is 28.2. The lowest BCUT2D eigenvalue weighted by atomic mass is 10.1. The minimum absolute atomic E-state index is 0.00783. The van der Waals surface area contributed by atoms with Crippen molar-refractivity contribution in [1.29, 1.82) is 5.26 Å². The van der Waals surface area contributed by atoms with E-state index in [1.54, 1.807) is 23.2 Å². The van der Waals surface area contributed by atoms with E-state index in [-0.39, 0.29) is 11.6 Å². The molecule has 0 saturated carbocycles. The van der Waals surface area contributed by atoms with Gasteiger partial charge in [-0.15, -0.1) is 0 Å². The third-order valence-electron chi connectivity index (χ3n) is 4.48. The molecule has 3 aromatic rings. The number of carbonyl (C=O) groups is 1. The Kier molecular flexibility index (Phi) is 6.29. The number of nitrogens with two attached hydrogens (primary N) is 1. The predicted molar refractivity (Wildman–Crippen MR) is 116 cm³/mol. The number of hydrogen-bond acceptors (Lipinski definition) is 4. The molecular formula is C24H22N4O. The summed E-state index contributed by atoms with van der Waals surface area (Å²) in [5, 5.41) is 12.5. The second-order valence-electron chi connectivity index (χ2n) is 6.56. The Morgan fingerprint density at radius 1 is 0.966 bits per heavy atom. The Bertz CT molecular complexity index is 1020. The number of hydrogen-bond donors (Lipinski definition) is 2. The van der Waals surface area contributed by atoms with E-state index in [0.29, 0.717) is 5.69 Å². The van der Waals surface area contributed by atoms with E-state index >= 15 is 0 Å². The number of nitrogens with zero attached hydrogens (tertiary/aromatic N) is 2. The minimum Gasteiger partial charge on any atom is -0.399 e. The van der Waals surface area contributed by atoms with Crippen molar-refractivity contribution in [2.24, 2.45) is 0 Å². The van der Waals surface area contributed by atoms with Gasteiger partial charge in [0.2, 0.25) is 0 Å². The summed E-state index contributed by atoms with van der Waals surface area (Å²) in [6.07, 6.45) is 1.55. The molecule has 0 aliphatic heterocycles. The lowest BCUT2D eigenvalue weighted by Crippen LogP contribution is -2.28. The molecule has 144 valence electrons. The molecule has 0 aliphatic carbocycles. The van der Waals surface area contributed by atoms with Crippen LogP contribution in [0.2, 0.25) is 0 Å². The van der Waals surface area contributed by atoms with Crippen LogP contribution < -0.4 is 16.0 Å². The quantitative estimate of drug-likeness (QED) is 0.368. The van der Waals surface area contributed by atoms with Crippen molar-refractivity contribution >= 4 is 23.0 Å². The minimum atomic E-state index is -0.430. The number of nitrogen functional groups attached to an aromatic ring is 1. The zero-order valence-electron chi connectivity index (χ0n) is 16.1. The molecule has 3 N–H and O–H groups in total. The number of nitrogens with one attached hydrogen (secondary N) is 1. The number of carbonyl (C=O) groups excluding carboxylic acids is 1. The first kappa shape index (κ1) is 19.7. The fourth-order valence-electron chi connectivity index (χ4n) is 2.89. The zero-order valence-corrected chi connectivity index (χ0v) is 16.1. The van der Waals surface area contributed by atoms with Gasteiger partial charge in [0, 0.05) is 23.3 Å².